The van der Waals surface area contributed by atoms with E-state index in [4.69, 9.17) is 4.74 Å². The first kappa shape index (κ1) is 43.4. The zero-order chi connectivity index (χ0) is 44.4. The van der Waals surface area contributed by atoms with Crippen LogP contribution in [0.4, 0.5) is 5.82 Å². The number of aromatic nitrogens is 2. The summed E-state index contributed by atoms with van der Waals surface area (Å²) in [5.41, 5.74) is 8.20. The fourth-order valence-corrected chi connectivity index (χ4v) is 10.7. The third-order valence-electron chi connectivity index (χ3n) is 14.1. The summed E-state index contributed by atoms with van der Waals surface area (Å²) in [5, 5.41) is 59.0. The Bertz CT molecular complexity index is 2580. The molecule has 3 aliphatic carbocycles. The lowest BCUT2D eigenvalue weighted by Gasteiger charge is -2.38. The molecule has 11 nitrogen and oxygen atoms in total. The Morgan fingerprint density at radius 2 is 1.64 bits per heavy atom. The highest BCUT2D eigenvalue weighted by molar-refractivity contribution is 6.05. The molecule has 0 radical (unpaired) electrons. The van der Waals surface area contributed by atoms with Crippen LogP contribution in [-0.2, 0) is 41.7 Å². The normalized spacial score (nSPS) is 22.7. The predicted octanol–water partition coefficient (Wildman–Crippen LogP) is 7.86. The second-order valence-electron chi connectivity index (χ2n) is 18.4. The van der Waals surface area contributed by atoms with E-state index in [0.29, 0.717) is 55.4 Å². The number of carbonyl (C=O) groups is 2. The standard InChI is InChI=1S/C53H59N3O8/c57-22-16-34-10-8-32-24-37(34)28-36-14-20-55-52(36)56-31-39-29-45-42(15-21-54-45)44(30-53(63)18-12-35-4-3-7-46(59)41(35)13-19-53)49(39)51(62)43(17-23-58)47(60)11-9-33-26-38(25-32)50(61)48(27-33)64-40-5-1-2-6-40/h3-4,7-8,10,13-15,19-21,24,26-27,29,40,43-44,49,54-59,61,63H,1-2,5-6,9,11-12,16-18,22-23,25,28,30-31H2/t43-,44-,49+,53+/m0/s1. The summed E-state index contributed by atoms with van der Waals surface area (Å²) in [6, 6.07) is 19.3. The fourth-order valence-electron chi connectivity index (χ4n) is 10.7. The van der Waals surface area contributed by atoms with Crippen LogP contribution >= 0.6 is 0 Å². The SMILES string of the molecule is O=C1CCc2cc(c(O)c(OC3CCCC3)c2)Cc2ccc(CCO)c(c2)Cc2cc[nH]c2NCC2=Cc3[nH]ccc3[C@H](C[C@]3(O)C=Cc4c(O)cccc4CC3)[C@@H]2C(=O)[C@H]1CCO. The zero-order valence-corrected chi connectivity index (χ0v) is 36.2. The Morgan fingerprint density at radius 3 is 2.47 bits per heavy atom. The van der Waals surface area contributed by atoms with Gasteiger partial charge in [-0.3, -0.25) is 9.59 Å². The van der Waals surface area contributed by atoms with Crippen LogP contribution in [0.15, 0.2) is 84.7 Å². The van der Waals surface area contributed by atoms with Crippen LogP contribution in [0, 0.1) is 11.8 Å². The van der Waals surface area contributed by atoms with Gasteiger partial charge < -0.3 is 45.6 Å². The van der Waals surface area contributed by atoms with Gasteiger partial charge in [-0.05, 0) is 139 Å². The number of hydrogen-bond acceptors (Lipinski definition) is 9. The van der Waals surface area contributed by atoms with Crippen molar-refractivity contribution >= 4 is 29.5 Å². The molecule has 4 aliphatic rings. The van der Waals surface area contributed by atoms with Gasteiger partial charge in [0.2, 0.25) is 0 Å². The number of fused-ring (bicyclic) bond motifs is 8. The van der Waals surface area contributed by atoms with Gasteiger partial charge in [0.05, 0.1) is 17.6 Å². The number of aliphatic hydroxyl groups excluding tert-OH is 2. The van der Waals surface area contributed by atoms with E-state index in [2.05, 4.69) is 27.4 Å². The predicted molar refractivity (Wildman–Crippen MR) is 247 cm³/mol. The smallest absolute Gasteiger partial charge is 0.161 e. The van der Waals surface area contributed by atoms with Gasteiger partial charge in [-0.25, -0.2) is 0 Å². The van der Waals surface area contributed by atoms with Crippen LogP contribution in [-0.4, -0.2) is 78.5 Å². The molecule has 4 bridgehead atoms. The molecule has 0 unspecified atom stereocenters. The van der Waals surface area contributed by atoms with Gasteiger partial charge in [0.15, 0.2) is 17.3 Å². The number of anilines is 1. The number of H-pyrrole nitrogens is 2. The molecule has 5 aromatic rings. The van der Waals surface area contributed by atoms with E-state index in [0.717, 1.165) is 81.7 Å². The maximum Gasteiger partial charge on any atom is 0.161 e. The van der Waals surface area contributed by atoms with E-state index in [1.807, 2.05) is 54.9 Å². The second-order valence-corrected chi connectivity index (χ2v) is 18.4. The number of ether oxygens (including phenoxy) is 1. The number of carbonyl (C=O) groups excluding carboxylic acids is 2. The summed E-state index contributed by atoms with van der Waals surface area (Å²) in [5.74, 6) is -1.66. The number of aromatic amines is 2. The summed E-state index contributed by atoms with van der Waals surface area (Å²) >= 11 is 0. The molecule has 0 spiro atoms. The molecular weight excluding hydrogens is 807 g/mol. The van der Waals surface area contributed by atoms with Gasteiger partial charge in [0.1, 0.15) is 17.4 Å². The molecule has 0 amide bonds. The molecule has 9 rings (SSSR count). The van der Waals surface area contributed by atoms with Gasteiger partial charge in [0.25, 0.3) is 0 Å². The van der Waals surface area contributed by atoms with Crippen molar-refractivity contribution in [3.8, 4) is 17.2 Å². The number of phenols is 2. The molecule has 11 heteroatoms. The van der Waals surface area contributed by atoms with Gasteiger partial charge in [-0.1, -0.05) is 48.6 Å². The largest absolute Gasteiger partial charge is 0.507 e. The third kappa shape index (κ3) is 9.07. The number of aromatic hydroxyl groups is 2. The molecule has 1 saturated carbocycles. The van der Waals surface area contributed by atoms with E-state index < -0.39 is 23.4 Å². The van der Waals surface area contributed by atoms with Gasteiger partial charge in [-0.2, -0.15) is 0 Å². The Kier molecular flexibility index (Phi) is 12.7. The molecule has 2 aromatic heterocycles. The topological polar surface area (TPSA) is 188 Å². The number of nitrogens with one attached hydrogen (secondary N) is 3. The molecule has 3 heterocycles. The number of aliphatic hydroxyl groups is 3. The van der Waals surface area contributed by atoms with Crippen molar-refractivity contribution in [1.29, 1.82) is 0 Å². The molecule has 334 valence electrons. The molecule has 3 aromatic carbocycles. The quantitative estimate of drug-likeness (QED) is 0.0719. The summed E-state index contributed by atoms with van der Waals surface area (Å²) in [7, 11) is 0. The van der Waals surface area contributed by atoms with Gasteiger partial charge >= 0.3 is 0 Å². The highest BCUT2D eigenvalue weighted by Crippen LogP contribution is 2.47. The monoisotopic (exact) mass is 865 g/mol. The molecule has 4 atom stereocenters. The van der Waals surface area contributed by atoms with Crippen LogP contribution in [0.1, 0.15) is 113 Å². The summed E-state index contributed by atoms with van der Waals surface area (Å²) in [6.07, 6.45) is 15.9. The first-order valence-corrected chi connectivity index (χ1v) is 23.0. The van der Waals surface area contributed by atoms with E-state index >= 15 is 4.79 Å². The number of benzene rings is 3. The minimum atomic E-state index is -1.36. The van der Waals surface area contributed by atoms with Crippen LogP contribution in [0.3, 0.4) is 0 Å². The molecule has 1 aliphatic heterocycles. The first-order valence-electron chi connectivity index (χ1n) is 23.0. The van der Waals surface area contributed by atoms with Gasteiger partial charge in [0, 0.05) is 80.1 Å². The molecule has 1 fully saturated rings. The molecule has 8 N–H and O–H groups in total. The Labute approximate surface area is 373 Å². The van der Waals surface area contributed by atoms with E-state index in [-0.39, 0.29) is 68.2 Å². The second kappa shape index (κ2) is 18.7. The van der Waals surface area contributed by atoms with Crippen LogP contribution in [0.2, 0.25) is 0 Å². The van der Waals surface area contributed by atoms with Crippen molar-refractivity contribution in [2.75, 3.05) is 25.1 Å². The van der Waals surface area contributed by atoms with Crippen molar-refractivity contribution in [2.24, 2.45) is 11.8 Å². The number of phenolic OH excluding ortho intramolecular Hbond substituents is 2. The van der Waals surface area contributed by atoms with Crippen LogP contribution in [0.5, 0.6) is 17.2 Å². The molecular formula is C53H59N3O8. The van der Waals surface area contributed by atoms with E-state index in [1.54, 1.807) is 24.3 Å². The van der Waals surface area contributed by atoms with E-state index in [9.17, 15) is 30.3 Å². The van der Waals surface area contributed by atoms with Crippen molar-refractivity contribution in [3.63, 3.8) is 0 Å². The highest BCUT2D eigenvalue weighted by Gasteiger charge is 2.45. The number of ketones is 2. The van der Waals surface area contributed by atoms with Gasteiger partial charge in [-0.15, -0.1) is 0 Å². The first-order chi connectivity index (χ1) is 31.1. The average molecular weight is 866 g/mol. The Balaban J connectivity index is 1.13. The Morgan fingerprint density at radius 1 is 0.812 bits per heavy atom. The van der Waals surface area contributed by atoms with E-state index in [1.165, 1.54) is 0 Å². The summed E-state index contributed by atoms with van der Waals surface area (Å²) in [6.45, 7) is -0.103. The third-order valence-corrected chi connectivity index (χ3v) is 14.1. The lowest BCUT2D eigenvalue weighted by atomic mass is 9.67. The van der Waals surface area contributed by atoms with Crippen LogP contribution in [0.25, 0.3) is 12.2 Å². The lowest BCUT2D eigenvalue weighted by Crippen LogP contribution is -2.40. The van der Waals surface area contributed by atoms with Crippen molar-refractivity contribution in [2.45, 2.75) is 101 Å². The highest BCUT2D eigenvalue weighted by atomic mass is 16.5. The lowest BCUT2D eigenvalue weighted by molar-refractivity contribution is -0.135. The molecule has 64 heavy (non-hydrogen) atoms. The van der Waals surface area contributed by atoms with Crippen molar-refractivity contribution < 1.29 is 39.9 Å². The Hall–Kier alpha value is -5.88. The van der Waals surface area contributed by atoms with Crippen LogP contribution < -0.4 is 10.1 Å². The number of aryl methyl sites for hydroxylation is 2. The number of rotatable bonds is 8. The minimum Gasteiger partial charge on any atom is -0.507 e. The maximum atomic E-state index is 15.4. The average Bonchev–Trinajstić information content (AvgIpc) is 4.06. The summed E-state index contributed by atoms with van der Waals surface area (Å²) < 4.78 is 6.44. The maximum absolute atomic E-state index is 15.4. The fraction of sp³-hybridized carbons (Fsp3) is 0.396. The van der Waals surface area contributed by atoms with Crippen molar-refractivity contribution in [1.82, 2.24) is 9.97 Å². The summed E-state index contributed by atoms with van der Waals surface area (Å²) in [4.78, 5) is 36.8. The minimum absolute atomic E-state index is 0.00290. The number of Topliss-reactive ketones (excluding diaryl/α,β-unsaturated/α-hetero) is 2. The zero-order valence-electron chi connectivity index (χ0n) is 36.2. The number of hydrogen-bond donors (Lipinski definition) is 8. The molecule has 0 saturated heterocycles. The van der Waals surface area contributed by atoms with Crippen molar-refractivity contribution in [3.05, 3.63) is 140 Å².